The third-order valence-electron chi connectivity index (χ3n) is 2.28. The number of methoxy groups -OCH3 is 1. The first-order chi connectivity index (χ1) is 6.83. The third kappa shape index (κ3) is 1.63. The molecule has 0 fully saturated rings. The van der Waals surface area contributed by atoms with Crippen LogP contribution in [-0.4, -0.2) is 18.3 Å². The number of hydrogen-bond donors (Lipinski definition) is 0. The molecule has 0 radical (unpaired) electrons. The van der Waals surface area contributed by atoms with Crippen LogP contribution in [0.15, 0.2) is 30.5 Å². The van der Waals surface area contributed by atoms with Crippen LogP contribution in [0.3, 0.4) is 0 Å². The van der Waals surface area contributed by atoms with Crippen LogP contribution in [0.4, 0.5) is 0 Å². The van der Waals surface area contributed by atoms with Gasteiger partial charge in [-0.3, -0.25) is 0 Å². The molecule has 1 heterocycles. The standard InChI is InChI=1S/C11H12ClNO/c1-14-8-7-13-6-5-9-3-2-4-10(12)11(9)13/h2-6H,7-8H2,1H3. The van der Waals surface area contributed by atoms with Crippen LogP contribution in [0.2, 0.25) is 5.02 Å². The van der Waals surface area contributed by atoms with Gasteiger partial charge in [0.05, 0.1) is 17.1 Å². The molecule has 2 nitrogen and oxygen atoms in total. The largest absolute Gasteiger partial charge is 0.383 e. The molecule has 0 N–H and O–H groups in total. The molecule has 0 aliphatic rings. The predicted octanol–water partition coefficient (Wildman–Crippen LogP) is 2.94. The van der Waals surface area contributed by atoms with E-state index >= 15 is 0 Å². The number of ether oxygens (including phenoxy) is 1. The van der Waals surface area contributed by atoms with Gasteiger partial charge >= 0.3 is 0 Å². The number of para-hydroxylation sites is 1. The quantitative estimate of drug-likeness (QED) is 0.758. The molecule has 0 spiro atoms. The lowest BCUT2D eigenvalue weighted by Crippen LogP contribution is -2.02. The summed E-state index contributed by atoms with van der Waals surface area (Å²) in [7, 11) is 1.70. The number of rotatable bonds is 3. The average molecular weight is 210 g/mol. The van der Waals surface area contributed by atoms with Gasteiger partial charge in [-0.2, -0.15) is 0 Å². The smallest absolute Gasteiger partial charge is 0.0670 e. The van der Waals surface area contributed by atoms with Crippen LogP contribution < -0.4 is 0 Å². The lowest BCUT2D eigenvalue weighted by molar-refractivity contribution is 0.188. The molecule has 0 aliphatic carbocycles. The zero-order chi connectivity index (χ0) is 9.97. The molecule has 0 bridgehead atoms. The number of aromatic nitrogens is 1. The monoisotopic (exact) mass is 209 g/mol. The Balaban J connectivity index is 2.45. The van der Waals surface area contributed by atoms with E-state index in [0.717, 1.165) is 17.1 Å². The van der Waals surface area contributed by atoms with Crippen molar-refractivity contribution in [3.63, 3.8) is 0 Å². The van der Waals surface area contributed by atoms with E-state index in [2.05, 4.69) is 16.7 Å². The molecule has 0 unspecified atom stereocenters. The number of hydrogen-bond acceptors (Lipinski definition) is 1. The molecule has 3 heteroatoms. The number of fused-ring (bicyclic) bond motifs is 1. The highest BCUT2D eigenvalue weighted by atomic mass is 35.5. The molecule has 0 amide bonds. The zero-order valence-corrected chi connectivity index (χ0v) is 8.79. The Bertz CT molecular complexity index is 436. The lowest BCUT2D eigenvalue weighted by Gasteiger charge is -2.05. The molecule has 1 aromatic heterocycles. The van der Waals surface area contributed by atoms with E-state index in [-0.39, 0.29) is 0 Å². The van der Waals surface area contributed by atoms with Gasteiger partial charge in [0.15, 0.2) is 0 Å². The topological polar surface area (TPSA) is 14.2 Å². The molecule has 2 rings (SSSR count). The Labute approximate surface area is 88.0 Å². The van der Waals surface area contributed by atoms with E-state index in [1.165, 1.54) is 5.39 Å². The van der Waals surface area contributed by atoms with Gasteiger partial charge in [0, 0.05) is 25.2 Å². The molecule has 0 atom stereocenters. The van der Waals surface area contributed by atoms with Crippen molar-refractivity contribution < 1.29 is 4.74 Å². The first-order valence-corrected chi connectivity index (χ1v) is 4.93. The normalized spacial score (nSPS) is 11.0. The number of nitrogens with zero attached hydrogens (tertiary/aromatic N) is 1. The third-order valence-corrected chi connectivity index (χ3v) is 2.58. The van der Waals surface area contributed by atoms with E-state index < -0.39 is 0 Å². The molecule has 1 aromatic carbocycles. The van der Waals surface area contributed by atoms with Gasteiger partial charge in [-0.05, 0) is 12.1 Å². The van der Waals surface area contributed by atoms with Crippen LogP contribution >= 0.6 is 11.6 Å². The minimum Gasteiger partial charge on any atom is -0.383 e. The molecule has 14 heavy (non-hydrogen) atoms. The van der Waals surface area contributed by atoms with E-state index in [4.69, 9.17) is 16.3 Å². The van der Waals surface area contributed by atoms with Crippen LogP contribution in [0.25, 0.3) is 10.9 Å². The van der Waals surface area contributed by atoms with Gasteiger partial charge in [-0.1, -0.05) is 23.7 Å². The van der Waals surface area contributed by atoms with Crippen molar-refractivity contribution in [2.75, 3.05) is 13.7 Å². The van der Waals surface area contributed by atoms with Crippen LogP contribution in [0, 0.1) is 0 Å². The summed E-state index contributed by atoms with van der Waals surface area (Å²) in [6.07, 6.45) is 2.04. The fourth-order valence-electron chi connectivity index (χ4n) is 1.59. The Kier molecular flexibility index (Phi) is 2.75. The highest BCUT2D eigenvalue weighted by Crippen LogP contribution is 2.24. The maximum Gasteiger partial charge on any atom is 0.0670 e. The van der Waals surface area contributed by atoms with Crippen LogP contribution in [-0.2, 0) is 11.3 Å². The molecule has 2 aromatic rings. The minimum atomic E-state index is 0.703. The second-order valence-corrected chi connectivity index (χ2v) is 3.59. The van der Waals surface area contributed by atoms with E-state index in [1.54, 1.807) is 7.11 Å². The fourth-order valence-corrected chi connectivity index (χ4v) is 1.88. The van der Waals surface area contributed by atoms with Crippen molar-refractivity contribution in [3.05, 3.63) is 35.5 Å². The second-order valence-electron chi connectivity index (χ2n) is 3.18. The summed E-state index contributed by atoms with van der Waals surface area (Å²) in [5.41, 5.74) is 1.09. The maximum absolute atomic E-state index is 6.12. The SMILES string of the molecule is COCCn1ccc2cccc(Cl)c21. The molecule has 0 saturated heterocycles. The van der Waals surface area contributed by atoms with Gasteiger partial charge in [0.1, 0.15) is 0 Å². The molecule has 0 aliphatic heterocycles. The van der Waals surface area contributed by atoms with E-state index in [0.29, 0.717) is 6.61 Å². The summed E-state index contributed by atoms with van der Waals surface area (Å²) >= 11 is 6.12. The van der Waals surface area contributed by atoms with Gasteiger partial charge in [-0.25, -0.2) is 0 Å². The zero-order valence-electron chi connectivity index (χ0n) is 8.03. The van der Waals surface area contributed by atoms with Gasteiger partial charge in [0.2, 0.25) is 0 Å². The van der Waals surface area contributed by atoms with Crippen molar-refractivity contribution in [1.29, 1.82) is 0 Å². The van der Waals surface area contributed by atoms with Gasteiger partial charge in [-0.15, -0.1) is 0 Å². The van der Waals surface area contributed by atoms with Crippen molar-refractivity contribution in [3.8, 4) is 0 Å². The minimum absolute atomic E-state index is 0.703. The fraction of sp³-hybridized carbons (Fsp3) is 0.273. The van der Waals surface area contributed by atoms with Crippen LogP contribution in [0.5, 0.6) is 0 Å². The summed E-state index contributed by atoms with van der Waals surface area (Å²) in [5, 5.41) is 1.97. The summed E-state index contributed by atoms with van der Waals surface area (Å²) in [6, 6.07) is 8.00. The summed E-state index contributed by atoms with van der Waals surface area (Å²) < 4.78 is 7.15. The Morgan fingerprint density at radius 1 is 1.36 bits per heavy atom. The summed E-state index contributed by atoms with van der Waals surface area (Å²) in [6.45, 7) is 1.54. The van der Waals surface area contributed by atoms with E-state index in [9.17, 15) is 0 Å². The van der Waals surface area contributed by atoms with Gasteiger partial charge < -0.3 is 9.30 Å². The van der Waals surface area contributed by atoms with Crippen LogP contribution in [0.1, 0.15) is 0 Å². The first kappa shape index (κ1) is 9.56. The van der Waals surface area contributed by atoms with E-state index in [1.807, 2.05) is 18.3 Å². The molecule has 0 saturated carbocycles. The molecular formula is C11H12ClNO. The number of benzene rings is 1. The highest BCUT2D eigenvalue weighted by molar-refractivity contribution is 6.35. The van der Waals surface area contributed by atoms with Crippen molar-refractivity contribution in [2.24, 2.45) is 0 Å². The number of halogens is 1. The Hall–Kier alpha value is -0.990. The second kappa shape index (κ2) is 4.03. The van der Waals surface area contributed by atoms with Crippen molar-refractivity contribution in [2.45, 2.75) is 6.54 Å². The van der Waals surface area contributed by atoms with Crippen molar-refractivity contribution >= 4 is 22.5 Å². The Morgan fingerprint density at radius 3 is 3.00 bits per heavy atom. The Morgan fingerprint density at radius 2 is 2.21 bits per heavy atom. The maximum atomic E-state index is 6.12. The highest BCUT2D eigenvalue weighted by Gasteiger charge is 2.03. The predicted molar refractivity (Wildman–Crippen MR) is 58.8 cm³/mol. The molecule has 74 valence electrons. The van der Waals surface area contributed by atoms with Gasteiger partial charge in [0.25, 0.3) is 0 Å². The first-order valence-electron chi connectivity index (χ1n) is 4.55. The lowest BCUT2D eigenvalue weighted by atomic mass is 10.2. The average Bonchev–Trinajstić information content (AvgIpc) is 2.59. The molecular weight excluding hydrogens is 198 g/mol. The summed E-state index contributed by atoms with van der Waals surface area (Å²) in [5.74, 6) is 0. The summed E-state index contributed by atoms with van der Waals surface area (Å²) in [4.78, 5) is 0. The van der Waals surface area contributed by atoms with Crippen molar-refractivity contribution in [1.82, 2.24) is 4.57 Å².